The molecule has 0 heterocycles. The summed E-state index contributed by atoms with van der Waals surface area (Å²) in [4.78, 5) is 0. The van der Waals surface area contributed by atoms with Crippen LogP contribution in [0.25, 0.3) is 21.5 Å². The van der Waals surface area contributed by atoms with Crippen LogP contribution in [0.3, 0.4) is 0 Å². The van der Waals surface area contributed by atoms with E-state index in [1.165, 1.54) is 52.8 Å². The molecule has 3 aromatic carbocycles. The van der Waals surface area contributed by atoms with E-state index < -0.39 is 0 Å². The summed E-state index contributed by atoms with van der Waals surface area (Å²) in [5.41, 5.74) is 1.24. The average Bonchev–Trinajstić information content (AvgIpc) is 2.57. The van der Waals surface area contributed by atoms with Crippen molar-refractivity contribution in [2.24, 2.45) is 0 Å². The van der Waals surface area contributed by atoms with Crippen molar-refractivity contribution in [1.82, 2.24) is 0 Å². The summed E-state index contributed by atoms with van der Waals surface area (Å²) in [6, 6.07) is 19.5. The lowest BCUT2D eigenvalue weighted by Crippen LogP contribution is -1.84. The van der Waals surface area contributed by atoms with Gasteiger partial charge in [-0.05, 0) is 52.1 Å². The number of fused-ring (bicyclic) bond motifs is 2. The Balaban J connectivity index is 1.96. The summed E-state index contributed by atoms with van der Waals surface area (Å²) < 4.78 is 0. The van der Waals surface area contributed by atoms with Gasteiger partial charge in [-0.15, -0.1) is 0 Å². The van der Waals surface area contributed by atoms with Gasteiger partial charge in [-0.25, -0.2) is 0 Å². The van der Waals surface area contributed by atoms with Crippen LogP contribution in [0.4, 0.5) is 0 Å². The molecule has 111 valence electrons. The summed E-state index contributed by atoms with van der Waals surface area (Å²) in [5, 5.41) is 5.18. The second kappa shape index (κ2) is 7.26. The minimum absolute atomic E-state index is 1.12. The normalized spacial score (nSPS) is 11.7. The molecule has 1 radical (unpaired) electrons. The van der Waals surface area contributed by atoms with Crippen LogP contribution in [-0.4, -0.2) is 0 Å². The molecule has 0 amide bonds. The summed E-state index contributed by atoms with van der Waals surface area (Å²) >= 11 is 0. The number of benzene rings is 3. The molecule has 0 nitrogen and oxygen atoms in total. The molecule has 0 spiro atoms. The third-order valence-corrected chi connectivity index (χ3v) is 4.22. The standard InChI is InChI=1S/C22H23/c1-2-3-4-5-6-7-16-22-20-14-10-8-12-18(20)17-19-13-9-11-15-21(19)22/h7-15,17H,2-6H2,1H3. The van der Waals surface area contributed by atoms with Crippen LogP contribution in [-0.2, 0) is 0 Å². The van der Waals surface area contributed by atoms with Crippen molar-refractivity contribution >= 4 is 21.5 Å². The fourth-order valence-corrected chi connectivity index (χ4v) is 3.02. The Hall–Kier alpha value is -2.08. The van der Waals surface area contributed by atoms with Crippen LogP contribution < -0.4 is 0 Å². The van der Waals surface area contributed by atoms with E-state index in [0.717, 1.165) is 6.42 Å². The van der Waals surface area contributed by atoms with Crippen LogP contribution in [0.2, 0.25) is 0 Å². The number of hydrogen-bond acceptors (Lipinski definition) is 0. The molecule has 0 aliphatic rings. The monoisotopic (exact) mass is 287 g/mol. The summed E-state index contributed by atoms with van der Waals surface area (Å²) in [5.74, 6) is 0. The van der Waals surface area contributed by atoms with E-state index in [2.05, 4.69) is 73.7 Å². The molecule has 0 heteroatoms. The topological polar surface area (TPSA) is 0 Å². The van der Waals surface area contributed by atoms with Crippen molar-refractivity contribution in [2.45, 2.75) is 39.0 Å². The van der Waals surface area contributed by atoms with Crippen molar-refractivity contribution in [3.63, 3.8) is 0 Å². The van der Waals surface area contributed by atoms with Crippen molar-refractivity contribution in [3.8, 4) is 0 Å². The van der Waals surface area contributed by atoms with E-state index in [1.807, 2.05) is 0 Å². The first-order valence-electron chi connectivity index (χ1n) is 8.39. The van der Waals surface area contributed by atoms with Crippen molar-refractivity contribution in [2.75, 3.05) is 0 Å². The number of hydrogen-bond donors (Lipinski definition) is 0. The van der Waals surface area contributed by atoms with Gasteiger partial charge >= 0.3 is 0 Å². The van der Waals surface area contributed by atoms with Crippen LogP contribution in [0, 0.1) is 6.08 Å². The summed E-state index contributed by atoms with van der Waals surface area (Å²) in [6.07, 6.45) is 12.2. The van der Waals surface area contributed by atoms with Crippen LogP contribution >= 0.6 is 0 Å². The number of allylic oxidation sites excluding steroid dienone is 1. The van der Waals surface area contributed by atoms with E-state index in [1.54, 1.807) is 0 Å². The Morgan fingerprint density at radius 3 is 2.09 bits per heavy atom. The number of unbranched alkanes of at least 4 members (excludes halogenated alkanes) is 4. The Bertz CT molecular complexity index is 726. The van der Waals surface area contributed by atoms with Gasteiger partial charge in [0.25, 0.3) is 0 Å². The van der Waals surface area contributed by atoms with Gasteiger partial charge in [-0.1, -0.05) is 80.8 Å². The maximum absolute atomic E-state index is 3.58. The van der Waals surface area contributed by atoms with Gasteiger partial charge in [0.05, 0.1) is 0 Å². The number of rotatable bonds is 6. The Morgan fingerprint density at radius 1 is 0.818 bits per heavy atom. The minimum atomic E-state index is 1.12. The van der Waals surface area contributed by atoms with Gasteiger partial charge in [0.1, 0.15) is 0 Å². The van der Waals surface area contributed by atoms with E-state index >= 15 is 0 Å². The van der Waals surface area contributed by atoms with Crippen molar-refractivity contribution in [1.29, 1.82) is 0 Å². The van der Waals surface area contributed by atoms with Gasteiger partial charge < -0.3 is 0 Å². The highest BCUT2D eigenvalue weighted by atomic mass is 14.1. The molecule has 0 N–H and O–H groups in total. The van der Waals surface area contributed by atoms with Crippen LogP contribution in [0.5, 0.6) is 0 Å². The first-order valence-corrected chi connectivity index (χ1v) is 8.39. The minimum Gasteiger partial charge on any atom is -0.0760 e. The zero-order valence-electron chi connectivity index (χ0n) is 13.3. The zero-order valence-corrected chi connectivity index (χ0v) is 13.3. The molecule has 0 fully saturated rings. The first kappa shape index (κ1) is 14.8. The quantitative estimate of drug-likeness (QED) is 0.351. The fourth-order valence-electron chi connectivity index (χ4n) is 3.02. The molecule has 0 aliphatic carbocycles. The smallest absolute Gasteiger partial charge is 0.00239 e. The fraction of sp³-hybridized carbons (Fsp3) is 0.273. The molecule has 0 saturated carbocycles. The molecule has 0 bridgehead atoms. The molecule has 3 aromatic rings. The van der Waals surface area contributed by atoms with Gasteiger partial charge in [-0.2, -0.15) is 0 Å². The third-order valence-electron chi connectivity index (χ3n) is 4.22. The van der Waals surface area contributed by atoms with Crippen LogP contribution in [0.1, 0.15) is 44.6 Å². The van der Waals surface area contributed by atoms with Gasteiger partial charge in [0, 0.05) is 0 Å². The highest BCUT2D eigenvalue weighted by Gasteiger charge is 2.04. The summed E-state index contributed by atoms with van der Waals surface area (Å²) in [6.45, 7) is 2.25. The Labute approximate surface area is 133 Å². The van der Waals surface area contributed by atoms with Crippen LogP contribution in [0.15, 0.2) is 60.7 Å². The maximum Gasteiger partial charge on any atom is -0.00239 e. The average molecular weight is 287 g/mol. The molecule has 0 saturated heterocycles. The second-order valence-electron chi connectivity index (χ2n) is 5.89. The van der Waals surface area contributed by atoms with Crippen molar-refractivity contribution in [3.05, 3.63) is 72.3 Å². The second-order valence-corrected chi connectivity index (χ2v) is 5.89. The molecule has 0 aliphatic heterocycles. The largest absolute Gasteiger partial charge is 0.0760 e. The zero-order chi connectivity index (χ0) is 15.2. The predicted molar refractivity (Wildman–Crippen MR) is 97.1 cm³/mol. The van der Waals surface area contributed by atoms with Gasteiger partial charge in [-0.3, -0.25) is 0 Å². The molecule has 0 atom stereocenters. The lowest BCUT2D eigenvalue weighted by Gasteiger charge is -2.08. The van der Waals surface area contributed by atoms with Crippen molar-refractivity contribution < 1.29 is 0 Å². The predicted octanol–water partition coefficient (Wildman–Crippen LogP) is 6.67. The van der Waals surface area contributed by atoms with E-state index in [0.29, 0.717) is 0 Å². The molecule has 3 rings (SSSR count). The first-order chi connectivity index (χ1) is 10.9. The highest BCUT2D eigenvalue weighted by molar-refractivity contribution is 6.03. The molecule has 0 aromatic heterocycles. The lowest BCUT2D eigenvalue weighted by atomic mass is 9.96. The van der Waals surface area contributed by atoms with E-state index in [-0.39, 0.29) is 0 Å². The lowest BCUT2D eigenvalue weighted by molar-refractivity contribution is 0.674. The third kappa shape index (κ3) is 3.22. The highest BCUT2D eigenvalue weighted by Crippen LogP contribution is 2.28. The van der Waals surface area contributed by atoms with E-state index in [4.69, 9.17) is 0 Å². The molecular weight excluding hydrogens is 264 g/mol. The van der Waals surface area contributed by atoms with E-state index in [9.17, 15) is 0 Å². The van der Waals surface area contributed by atoms with Gasteiger partial charge in [0.15, 0.2) is 0 Å². The SMILES string of the molecule is CCCCCC/C=[C]\c1c2ccccc2cc2ccccc12. The molecular formula is C22H23. The molecule has 0 unspecified atom stereocenters. The summed E-state index contributed by atoms with van der Waals surface area (Å²) in [7, 11) is 0. The maximum atomic E-state index is 3.58. The molecule has 22 heavy (non-hydrogen) atoms. The van der Waals surface area contributed by atoms with Gasteiger partial charge in [0.2, 0.25) is 0 Å². The Kier molecular flexibility index (Phi) is 4.90. The Morgan fingerprint density at radius 2 is 1.45 bits per heavy atom.